The molecule has 1 saturated heterocycles. The summed E-state index contributed by atoms with van der Waals surface area (Å²) in [6, 6.07) is 0.446. The zero-order valence-corrected chi connectivity index (χ0v) is 11.1. The highest BCUT2D eigenvalue weighted by Crippen LogP contribution is 2.28. The Kier molecular flexibility index (Phi) is 3.33. The maximum Gasteiger partial charge on any atom is 0.267 e. The van der Waals surface area contributed by atoms with Gasteiger partial charge >= 0.3 is 0 Å². The molecule has 1 fully saturated rings. The number of aromatic amines is 1. The van der Waals surface area contributed by atoms with Crippen molar-refractivity contribution >= 4 is 21.7 Å². The highest BCUT2D eigenvalue weighted by Gasteiger charge is 2.25. The fourth-order valence-corrected chi connectivity index (χ4v) is 2.60. The Balaban J connectivity index is 2.35. The molecular formula is C11H16BrN3O. The molecule has 1 aliphatic heterocycles. The maximum absolute atomic E-state index is 11.5. The molecule has 2 heterocycles. The van der Waals surface area contributed by atoms with E-state index in [1.54, 1.807) is 0 Å². The molecule has 2 atom stereocenters. The Morgan fingerprint density at radius 1 is 1.50 bits per heavy atom. The van der Waals surface area contributed by atoms with Gasteiger partial charge in [-0.15, -0.1) is 0 Å². The molecule has 1 aromatic heterocycles. The van der Waals surface area contributed by atoms with Crippen LogP contribution >= 0.6 is 15.9 Å². The minimum Gasteiger partial charge on any atom is -0.352 e. The Morgan fingerprint density at radius 2 is 2.25 bits per heavy atom. The predicted molar refractivity (Wildman–Crippen MR) is 67.8 cm³/mol. The fraction of sp³-hybridized carbons (Fsp3) is 0.636. The molecule has 2 rings (SSSR count). The molecule has 16 heavy (non-hydrogen) atoms. The summed E-state index contributed by atoms with van der Waals surface area (Å²) in [5.74, 6) is 1.42. The van der Waals surface area contributed by atoms with Crippen LogP contribution in [-0.2, 0) is 0 Å². The van der Waals surface area contributed by atoms with E-state index in [0.717, 1.165) is 18.8 Å². The molecule has 5 heteroatoms. The van der Waals surface area contributed by atoms with Gasteiger partial charge in [-0.25, -0.2) is 4.98 Å². The third-order valence-electron chi connectivity index (χ3n) is 3.17. The molecule has 1 aromatic rings. The number of nitrogens with one attached hydrogen (secondary N) is 1. The molecule has 88 valence electrons. The summed E-state index contributed by atoms with van der Waals surface area (Å²) < 4.78 is 0.538. The largest absolute Gasteiger partial charge is 0.352 e. The Labute approximate surface area is 103 Å². The summed E-state index contributed by atoms with van der Waals surface area (Å²) in [5, 5.41) is 0. The van der Waals surface area contributed by atoms with Gasteiger partial charge in [0.2, 0.25) is 0 Å². The van der Waals surface area contributed by atoms with Gasteiger partial charge in [-0.3, -0.25) is 4.79 Å². The molecule has 4 nitrogen and oxygen atoms in total. The molecule has 1 aliphatic rings. The second-order valence-electron chi connectivity index (χ2n) is 4.55. The molecule has 0 spiro atoms. The summed E-state index contributed by atoms with van der Waals surface area (Å²) in [4.78, 5) is 20.6. The van der Waals surface area contributed by atoms with E-state index in [2.05, 4.69) is 44.6 Å². The van der Waals surface area contributed by atoms with Crippen LogP contribution in [0.15, 0.2) is 15.6 Å². The quantitative estimate of drug-likeness (QED) is 0.860. The van der Waals surface area contributed by atoms with E-state index in [9.17, 15) is 4.79 Å². The first-order valence-corrected chi connectivity index (χ1v) is 6.38. The fourth-order valence-electron chi connectivity index (χ4n) is 2.16. The minimum absolute atomic E-state index is 0.115. The molecule has 0 radical (unpaired) electrons. The highest BCUT2D eigenvalue weighted by molar-refractivity contribution is 9.10. The zero-order valence-electron chi connectivity index (χ0n) is 9.53. The van der Waals surface area contributed by atoms with E-state index in [1.807, 2.05) is 0 Å². The van der Waals surface area contributed by atoms with Gasteiger partial charge in [-0.1, -0.05) is 6.92 Å². The third-order valence-corrected chi connectivity index (χ3v) is 3.88. The number of halogens is 1. The molecule has 0 saturated carbocycles. The van der Waals surface area contributed by atoms with Crippen molar-refractivity contribution in [2.45, 2.75) is 32.7 Å². The minimum atomic E-state index is -0.115. The van der Waals surface area contributed by atoms with Crippen LogP contribution in [0.5, 0.6) is 0 Å². The second kappa shape index (κ2) is 4.57. The van der Waals surface area contributed by atoms with Gasteiger partial charge < -0.3 is 9.88 Å². The Morgan fingerprint density at radius 3 is 3.00 bits per heavy atom. The van der Waals surface area contributed by atoms with Gasteiger partial charge in [0, 0.05) is 12.6 Å². The van der Waals surface area contributed by atoms with E-state index in [0.29, 0.717) is 16.4 Å². The van der Waals surface area contributed by atoms with Crippen molar-refractivity contribution in [3.05, 3.63) is 21.2 Å². The van der Waals surface area contributed by atoms with Gasteiger partial charge in [0.1, 0.15) is 4.47 Å². The van der Waals surface area contributed by atoms with Gasteiger partial charge in [-0.2, -0.15) is 0 Å². The number of piperidine rings is 1. The van der Waals surface area contributed by atoms with Crippen LogP contribution in [0.2, 0.25) is 0 Å². The average molecular weight is 286 g/mol. The van der Waals surface area contributed by atoms with Crippen molar-refractivity contribution in [2.75, 3.05) is 11.4 Å². The summed E-state index contributed by atoms with van der Waals surface area (Å²) in [6.07, 6.45) is 3.87. The summed E-state index contributed by atoms with van der Waals surface area (Å²) in [5.41, 5.74) is -0.115. The van der Waals surface area contributed by atoms with Crippen LogP contribution in [0.1, 0.15) is 26.7 Å². The topological polar surface area (TPSA) is 49.0 Å². The van der Waals surface area contributed by atoms with E-state index in [-0.39, 0.29) is 5.56 Å². The standard InChI is InChI=1S/C11H16BrN3O/c1-7-3-4-8(2)15(5-7)10-9(12)11(16)14-6-13-10/h6-8H,3-5H2,1-2H3,(H,13,14,16). The predicted octanol–water partition coefficient (Wildman–Crippen LogP) is 2.16. The summed E-state index contributed by atoms with van der Waals surface area (Å²) >= 11 is 3.32. The molecule has 0 bridgehead atoms. The molecule has 0 amide bonds. The number of aromatic nitrogens is 2. The van der Waals surface area contributed by atoms with Gasteiger partial charge in [0.25, 0.3) is 5.56 Å². The van der Waals surface area contributed by atoms with Crippen molar-refractivity contribution in [1.29, 1.82) is 0 Å². The van der Waals surface area contributed by atoms with Crippen molar-refractivity contribution in [3.8, 4) is 0 Å². The number of hydrogen-bond acceptors (Lipinski definition) is 3. The first kappa shape index (κ1) is 11.6. The number of nitrogens with zero attached hydrogens (tertiary/aromatic N) is 2. The monoisotopic (exact) mass is 285 g/mol. The van der Waals surface area contributed by atoms with E-state index in [4.69, 9.17) is 0 Å². The summed E-state index contributed by atoms with van der Waals surface area (Å²) in [7, 11) is 0. The maximum atomic E-state index is 11.5. The molecule has 0 aliphatic carbocycles. The van der Waals surface area contributed by atoms with Gasteiger partial charge in [-0.05, 0) is 41.6 Å². The first-order chi connectivity index (χ1) is 7.59. The molecular weight excluding hydrogens is 270 g/mol. The lowest BCUT2D eigenvalue weighted by Crippen LogP contribution is -2.42. The van der Waals surface area contributed by atoms with Crippen LogP contribution < -0.4 is 10.5 Å². The second-order valence-corrected chi connectivity index (χ2v) is 5.35. The molecule has 1 N–H and O–H groups in total. The van der Waals surface area contributed by atoms with Crippen LogP contribution in [0.4, 0.5) is 5.82 Å². The third kappa shape index (κ3) is 2.14. The van der Waals surface area contributed by atoms with Crippen molar-refractivity contribution in [3.63, 3.8) is 0 Å². The zero-order chi connectivity index (χ0) is 11.7. The smallest absolute Gasteiger partial charge is 0.267 e. The van der Waals surface area contributed by atoms with Crippen molar-refractivity contribution in [2.24, 2.45) is 5.92 Å². The normalized spacial score (nSPS) is 25.8. The highest BCUT2D eigenvalue weighted by atomic mass is 79.9. The van der Waals surface area contributed by atoms with Crippen molar-refractivity contribution in [1.82, 2.24) is 9.97 Å². The van der Waals surface area contributed by atoms with E-state index >= 15 is 0 Å². The van der Waals surface area contributed by atoms with E-state index in [1.165, 1.54) is 12.7 Å². The average Bonchev–Trinajstić information content (AvgIpc) is 2.26. The first-order valence-electron chi connectivity index (χ1n) is 5.59. The lowest BCUT2D eigenvalue weighted by atomic mass is 9.95. The number of rotatable bonds is 1. The van der Waals surface area contributed by atoms with Crippen LogP contribution in [0.3, 0.4) is 0 Å². The molecule has 2 unspecified atom stereocenters. The lowest BCUT2D eigenvalue weighted by Gasteiger charge is -2.37. The van der Waals surface area contributed by atoms with Crippen molar-refractivity contribution < 1.29 is 0 Å². The van der Waals surface area contributed by atoms with Crippen LogP contribution in [0.25, 0.3) is 0 Å². The number of anilines is 1. The van der Waals surface area contributed by atoms with Gasteiger partial charge in [0.15, 0.2) is 5.82 Å². The number of H-pyrrole nitrogens is 1. The lowest BCUT2D eigenvalue weighted by molar-refractivity contribution is 0.387. The molecule has 0 aromatic carbocycles. The van der Waals surface area contributed by atoms with Crippen LogP contribution in [0, 0.1) is 5.92 Å². The SMILES string of the molecule is CC1CCC(C)N(c2nc[nH]c(=O)c2Br)C1. The van der Waals surface area contributed by atoms with Crippen LogP contribution in [-0.4, -0.2) is 22.6 Å². The number of hydrogen-bond donors (Lipinski definition) is 1. The Hall–Kier alpha value is -0.840. The summed E-state index contributed by atoms with van der Waals surface area (Å²) in [6.45, 7) is 5.39. The Bertz CT molecular complexity index is 431. The van der Waals surface area contributed by atoms with E-state index < -0.39 is 0 Å². The van der Waals surface area contributed by atoms with Gasteiger partial charge in [0.05, 0.1) is 6.33 Å².